The van der Waals surface area contributed by atoms with E-state index >= 15 is 0 Å². The standard InChI is InChI=1S/4C2H4O2.2Na.2H2O.2H/c4*1-2(3)4;;;;;;/h4*1H3,(H,3,4);;;2*1H2;;/q;;;;2*+1;;;2*-1. The van der Waals surface area contributed by atoms with E-state index < -0.39 is 23.9 Å². The van der Waals surface area contributed by atoms with Gasteiger partial charge in [-0.25, -0.2) is 0 Å². The Hall–Kier alpha value is -0.200. The minimum atomic E-state index is -0.833. The van der Waals surface area contributed by atoms with E-state index in [9.17, 15) is 0 Å². The van der Waals surface area contributed by atoms with Crippen molar-refractivity contribution in [3.8, 4) is 0 Å². The Balaban J connectivity index is -0.00000001000. The maximum Gasteiger partial charge on any atom is 1.00 e. The Kier molecular flexibility index (Phi) is 108. The molecule has 0 amide bonds. The van der Waals surface area contributed by atoms with Crippen molar-refractivity contribution < 1.29 is 113 Å². The van der Waals surface area contributed by atoms with Gasteiger partial charge in [0.1, 0.15) is 0 Å². The molecule has 0 heterocycles. The maximum absolute atomic E-state index is 9.00. The molecule has 0 saturated carbocycles. The molecule has 0 aromatic rings. The zero-order valence-corrected chi connectivity index (χ0v) is 16.4. The van der Waals surface area contributed by atoms with E-state index in [1.54, 1.807) is 0 Å². The second-order valence-corrected chi connectivity index (χ2v) is 2.08. The maximum atomic E-state index is 9.00. The zero-order chi connectivity index (χ0) is 14.3. The van der Waals surface area contributed by atoms with Crippen LogP contribution in [-0.2, 0) is 19.2 Å². The van der Waals surface area contributed by atoms with Crippen molar-refractivity contribution in [2.75, 3.05) is 0 Å². The summed E-state index contributed by atoms with van der Waals surface area (Å²) in [6.07, 6.45) is 0. The van der Waals surface area contributed by atoms with Gasteiger partial charge < -0.3 is 34.2 Å². The van der Waals surface area contributed by atoms with Crippen LogP contribution < -0.4 is 59.1 Å². The van der Waals surface area contributed by atoms with E-state index in [4.69, 9.17) is 39.6 Å². The molecule has 10 nitrogen and oxygen atoms in total. The Morgan fingerprint density at radius 3 is 0.550 bits per heavy atom. The molecule has 0 atom stereocenters. The third kappa shape index (κ3) is 126000. The van der Waals surface area contributed by atoms with E-state index in [0.717, 1.165) is 27.7 Å². The number of hydrogen-bond donors (Lipinski definition) is 4. The van der Waals surface area contributed by atoms with Gasteiger partial charge in [0.2, 0.25) is 0 Å². The van der Waals surface area contributed by atoms with Gasteiger partial charge in [-0.1, -0.05) is 0 Å². The Morgan fingerprint density at radius 1 is 0.550 bits per heavy atom. The molecular formula is C8H22Na2O10. The summed E-state index contributed by atoms with van der Waals surface area (Å²) < 4.78 is 0. The van der Waals surface area contributed by atoms with Gasteiger partial charge in [-0.15, -0.1) is 0 Å². The first-order chi connectivity index (χ1) is 6.93. The zero-order valence-electron chi connectivity index (χ0n) is 14.4. The second kappa shape index (κ2) is 42.8. The smallest absolute Gasteiger partial charge is 1.00 e. The van der Waals surface area contributed by atoms with Crippen LogP contribution in [0.15, 0.2) is 0 Å². The number of carbonyl (C=O) groups is 4. The molecule has 0 spiro atoms. The minimum Gasteiger partial charge on any atom is -1.00 e. The molecule has 116 valence electrons. The van der Waals surface area contributed by atoms with Crippen LogP contribution in [0.25, 0.3) is 0 Å². The van der Waals surface area contributed by atoms with Crippen molar-refractivity contribution in [1.82, 2.24) is 0 Å². The molecule has 0 saturated heterocycles. The van der Waals surface area contributed by atoms with Gasteiger partial charge in [-0.2, -0.15) is 0 Å². The number of carboxylic acids is 4. The summed E-state index contributed by atoms with van der Waals surface area (Å²) in [5.41, 5.74) is 0. The molecule has 0 aliphatic carbocycles. The van der Waals surface area contributed by atoms with Crippen molar-refractivity contribution in [2.45, 2.75) is 27.7 Å². The van der Waals surface area contributed by atoms with Crippen molar-refractivity contribution in [1.29, 1.82) is 0 Å². The van der Waals surface area contributed by atoms with Crippen LogP contribution in [-0.4, -0.2) is 55.3 Å². The summed E-state index contributed by atoms with van der Waals surface area (Å²) in [5, 5.41) is 29.7. The predicted molar refractivity (Wildman–Crippen MR) is 62.7 cm³/mol. The Morgan fingerprint density at radius 2 is 0.550 bits per heavy atom. The van der Waals surface area contributed by atoms with Crippen molar-refractivity contribution in [3.63, 3.8) is 0 Å². The quantitative estimate of drug-likeness (QED) is 0.313. The normalized spacial score (nSPS) is 5.00. The van der Waals surface area contributed by atoms with Crippen LogP contribution in [0.1, 0.15) is 30.5 Å². The van der Waals surface area contributed by atoms with E-state index in [-0.39, 0.29) is 72.9 Å². The molecular weight excluding hydrogens is 302 g/mol. The second-order valence-electron chi connectivity index (χ2n) is 2.08. The summed E-state index contributed by atoms with van der Waals surface area (Å²) in [7, 11) is 0. The van der Waals surface area contributed by atoms with Crippen LogP contribution in [0.2, 0.25) is 0 Å². The summed E-state index contributed by atoms with van der Waals surface area (Å²) >= 11 is 0. The third-order valence-electron chi connectivity index (χ3n) is 0. The van der Waals surface area contributed by atoms with Gasteiger partial charge in [-0.05, 0) is 0 Å². The van der Waals surface area contributed by atoms with Gasteiger partial charge in [0.15, 0.2) is 0 Å². The molecule has 0 unspecified atom stereocenters. The molecule has 12 heteroatoms. The van der Waals surface area contributed by atoms with E-state index in [2.05, 4.69) is 0 Å². The van der Waals surface area contributed by atoms with E-state index in [0.29, 0.717) is 0 Å². The van der Waals surface area contributed by atoms with Crippen LogP contribution in [0.5, 0.6) is 0 Å². The average Bonchev–Trinajstić information content (AvgIpc) is 1.76. The SMILES string of the molecule is CC(=O)O.CC(=O)O.CC(=O)O.CC(=O)O.O.O.[H-].[H-].[Na+].[Na+]. The van der Waals surface area contributed by atoms with Gasteiger partial charge in [0.25, 0.3) is 23.9 Å². The summed E-state index contributed by atoms with van der Waals surface area (Å²) in [5.74, 6) is -3.33. The minimum absolute atomic E-state index is 0. The molecule has 20 heavy (non-hydrogen) atoms. The first-order valence-corrected chi connectivity index (χ1v) is 3.71. The van der Waals surface area contributed by atoms with Crippen LogP contribution in [0.3, 0.4) is 0 Å². The molecule has 0 fully saturated rings. The molecule has 0 bridgehead atoms. The average molecular weight is 324 g/mol. The topological polar surface area (TPSA) is 212 Å². The Bertz CT molecular complexity index is 177. The summed E-state index contributed by atoms with van der Waals surface area (Å²) in [6, 6.07) is 0. The van der Waals surface area contributed by atoms with Crippen LogP contribution in [0, 0.1) is 0 Å². The summed E-state index contributed by atoms with van der Waals surface area (Å²) in [4.78, 5) is 36.0. The van der Waals surface area contributed by atoms with E-state index in [1.165, 1.54) is 0 Å². The number of hydrogen-bond acceptors (Lipinski definition) is 4. The largest absolute Gasteiger partial charge is 1.00 e. The fraction of sp³-hybridized carbons (Fsp3) is 0.500. The number of aliphatic carboxylic acids is 4. The first kappa shape index (κ1) is 50.3. The van der Waals surface area contributed by atoms with Crippen LogP contribution in [0.4, 0.5) is 0 Å². The molecule has 8 N–H and O–H groups in total. The molecule has 0 aliphatic heterocycles. The van der Waals surface area contributed by atoms with Crippen molar-refractivity contribution in [3.05, 3.63) is 0 Å². The molecule has 0 aliphatic rings. The van der Waals surface area contributed by atoms with Gasteiger partial charge in [0, 0.05) is 27.7 Å². The predicted octanol–water partition coefficient (Wildman–Crippen LogP) is -7.05. The van der Waals surface area contributed by atoms with Crippen molar-refractivity contribution in [2.24, 2.45) is 0 Å². The van der Waals surface area contributed by atoms with Gasteiger partial charge in [0.05, 0.1) is 0 Å². The molecule has 0 rings (SSSR count). The number of rotatable bonds is 0. The molecule has 0 radical (unpaired) electrons. The molecule has 0 aromatic heterocycles. The monoisotopic (exact) mass is 324 g/mol. The van der Waals surface area contributed by atoms with E-state index in [1.807, 2.05) is 0 Å². The Labute approximate surface area is 163 Å². The van der Waals surface area contributed by atoms with Gasteiger partial charge in [-0.3, -0.25) is 19.2 Å². The van der Waals surface area contributed by atoms with Crippen molar-refractivity contribution >= 4 is 23.9 Å². The summed E-state index contributed by atoms with van der Waals surface area (Å²) in [6.45, 7) is 4.33. The fourth-order valence-corrected chi connectivity index (χ4v) is 0. The first-order valence-electron chi connectivity index (χ1n) is 3.71. The third-order valence-corrected chi connectivity index (χ3v) is 0. The fourth-order valence-electron chi connectivity index (χ4n) is 0. The number of carboxylic acid groups (broad SMARTS) is 4. The molecule has 0 aromatic carbocycles. The van der Waals surface area contributed by atoms with Gasteiger partial charge >= 0.3 is 59.1 Å². The van der Waals surface area contributed by atoms with Crippen LogP contribution >= 0.6 is 0 Å².